The molecule has 0 spiro atoms. The van der Waals surface area contributed by atoms with Crippen molar-refractivity contribution < 1.29 is 0 Å². The Balaban J connectivity index is 1.73. The average Bonchev–Trinajstić information content (AvgIpc) is 3.37. The number of fused-ring (bicyclic) bond motifs is 6. The van der Waals surface area contributed by atoms with E-state index in [2.05, 4.69) is 134 Å². The third-order valence-electron chi connectivity index (χ3n) is 8.46. The Morgan fingerprint density at radius 2 is 1.16 bits per heavy atom. The van der Waals surface area contributed by atoms with E-state index in [-0.39, 0.29) is 16.7 Å². The van der Waals surface area contributed by atoms with Gasteiger partial charge < -0.3 is 0 Å². The van der Waals surface area contributed by atoms with Gasteiger partial charge in [0.2, 0.25) is 0 Å². The highest BCUT2D eigenvalue weighted by Crippen LogP contribution is 2.55. The van der Waals surface area contributed by atoms with Gasteiger partial charge in [0, 0.05) is 12.3 Å². The van der Waals surface area contributed by atoms with Crippen LogP contribution in [-0.2, 0) is 10.8 Å². The van der Waals surface area contributed by atoms with Crippen molar-refractivity contribution in [1.82, 2.24) is 0 Å². The molecule has 37 heavy (non-hydrogen) atoms. The van der Waals surface area contributed by atoms with Crippen LogP contribution >= 0.6 is 0 Å². The number of benzene rings is 4. The van der Waals surface area contributed by atoms with Crippen LogP contribution in [0.4, 0.5) is 0 Å². The third kappa shape index (κ3) is 3.69. The third-order valence-corrected chi connectivity index (χ3v) is 10.2. The molecule has 0 N–H and O–H groups in total. The first kappa shape index (κ1) is 24.4. The van der Waals surface area contributed by atoms with Crippen LogP contribution in [0.1, 0.15) is 86.4 Å². The lowest BCUT2D eigenvalue weighted by Gasteiger charge is -2.27. The van der Waals surface area contributed by atoms with Gasteiger partial charge >= 0.3 is 0 Å². The van der Waals surface area contributed by atoms with E-state index >= 15 is 0 Å². The molecule has 0 saturated carbocycles. The van der Waals surface area contributed by atoms with Crippen LogP contribution in [0, 0.1) is 6.42 Å². The molecule has 0 aromatic heterocycles. The van der Waals surface area contributed by atoms with Gasteiger partial charge in [-0.05, 0) is 72.0 Å². The first-order valence-electron chi connectivity index (χ1n) is 13.9. The SMILES string of the molecule is C[SiH](C)c1ccc2c(c1C1c3cccc(C(C)(C)C)c3-c3c1cccc3C(C)(C)C)[CH]c1ccccc1-2. The van der Waals surface area contributed by atoms with E-state index in [1.165, 1.54) is 55.6 Å². The molecule has 0 amide bonds. The highest BCUT2D eigenvalue weighted by atomic mass is 28.3. The van der Waals surface area contributed by atoms with Gasteiger partial charge in [-0.3, -0.25) is 0 Å². The second-order valence-corrected chi connectivity index (χ2v) is 16.3. The molecule has 4 aromatic carbocycles. The highest BCUT2D eigenvalue weighted by Gasteiger charge is 2.40. The van der Waals surface area contributed by atoms with Crippen LogP contribution in [0.15, 0.2) is 72.8 Å². The fourth-order valence-corrected chi connectivity index (χ4v) is 8.23. The monoisotopic (exact) mass is 499 g/mol. The van der Waals surface area contributed by atoms with Crippen LogP contribution in [0.25, 0.3) is 22.3 Å². The van der Waals surface area contributed by atoms with Gasteiger partial charge in [-0.1, -0.05) is 133 Å². The Kier molecular flexibility index (Phi) is 5.48. The van der Waals surface area contributed by atoms with Crippen LogP contribution in [0.5, 0.6) is 0 Å². The molecule has 6 rings (SSSR count). The minimum atomic E-state index is -1.10. The number of rotatable bonds is 2. The smallest absolute Gasteiger partial charge is 0.0651 e. The zero-order valence-corrected chi connectivity index (χ0v) is 24.8. The maximum absolute atomic E-state index is 2.49. The molecule has 0 fully saturated rings. The van der Waals surface area contributed by atoms with Crippen molar-refractivity contribution in [3.63, 3.8) is 0 Å². The van der Waals surface area contributed by atoms with Gasteiger partial charge in [-0.25, -0.2) is 0 Å². The summed E-state index contributed by atoms with van der Waals surface area (Å²) in [6.07, 6.45) is 2.47. The molecular formula is C36H39Si. The molecule has 0 nitrogen and oxygen atoms in total. The van der Waals surface area contributed by atoms with E-state index in [0.717, 1.165) is 0 Å². The second kappa shape index (κ2) is 8.30. The summed E-state index contributed by atoms with van der Waals surface area (Å²) in [6.45, 7) is 19.2. The molecule has 0 unspecified atom stereocenters. The van der Waals surface area contributed by atoms with Gasteiger partial charge in [0.05, 0.1) is 8.80 Å². The topological polar surface area (TPSA) is 0 Å². The Morgan fingerprint density at radius 1 is 0.595 bits per heavy atom. The zero-order chi connectivity index (χ0) is 26.3. The molecule has 0 aliphatic heterocycles. The molecule has 0 bridgehead atoms. The summed E-state index contributed by atoms with van der Waals surface area (Å²) in [5.41, 5.74) is 16.2. The molecule has 187 valence electrons. The average molecular weight is 500 g/mol. The molecule has 0 heterocycles. The summed E-state index contributed by atoms with van der Waals surface area (Å²) in [6, 6.07) is 28.0. The highest BCUT2D eigenvalue weighted by molar-refractivity contribution is 6.71. The summed E-state index contributed by atoms with van der Waals surface area (Å²) >= 11 is 0. The van der Waals surface area contributed by atoms with E-state index < -0.39 is 8.80 Å². The van der Waals surface area contributed by atoms with Gasteiger partial charge in [-0.2, -0.15) is 0 Å². The van der Waals surface area contributed by atoms with E-state index in [1.54, 1.807) is 10.8 Å². The summed E-state index contributed by atoms with van der Waals surface area (Å²) in [4.78, 5) is 0. The largest absolute Gasteiger partial charge is 0.0682 e. The lowest BCUT2D eigenvalue weighted by atomic mass is 9.77. The second-order valence-electron chi connectivity index (χ2n) is 13.4. The Bertz CT molecular complexity index is 1470. The van der Waals surface area contributed by atoms with Crippen molar-refractivity contribution in [2.75, 3.05) is 0 Å². The molecule has 1 radical (unpaired) electrons. The normalized spacial score (nSPS) is 14.5. The number of hydrogen-bond donors (Lipinski definition) is 0. The summed E-state index contributed by atoms with van der Waals surface area (Å²) in [5.74, 6) is 0.264. The van der Waals surface area contributed by atoms with Crippen molar-refractivity contribution in [1.29, 1.82) is 0 Å². The summed E-state index contributed by atoms with van der Waals surface area (Å²) in [7, 11) is -1.10. The molecule has 2 aliphatic rings. The minimum absolute atomic E-state index is 0.0686. The predicted molar refractivity (Wildman–Crippen MR) is 163 cm³/mol. The fourth-order valence-electron chi connectivity index (χ4n) is 6.80. The van der Waals surface area contributed by atoms with E-state index in [4.69, 9.17) is 0 Å². The van der Waals surface area contributed by atoms with Crippen LogP contribution in [0.3, 0.4) is 0 Å². The van der Waals surface area contributed by atoms with Gasteiger partial charge in [0.25, 0.3) is 0 Å². The standard InChI is InChI=1S/C36H39Si/c1-35(2,3)28-17-11-15-25-31(26-16-12-18-29(36(4,5)6)33(26)32(25)28)34-27-21-22-13-9-10-14-23(22)24(27)19-20-30(34)37(7)8/h9-21,31,37H,1-8H3. The first-order chi connectivity index (χ1) is 17.5. The predicted octanol–water partition coefficient (Wildman–Crippen LogP) is 8.72. The van der Waals surface area contributed by atoms with E-state index in [1.807, 2.05) is 0 Å². The Hall–Kier alpha value is -2.90. The summed E-state index contributed by atoms with van der Waals surface area (Å²) in [5, 5.41) is 1.61. The molecule has 1 heteroatoms. The lowest BCUT2D eigenvalue weighted by Crippen LogP contribution is -2.30. The van der Waals surface area contributed by atoms with E-state index in [0.29, 0.717) is 0 Å². The molecule has 0 saturated heterocycles. The molecular weight excluding hydrogens is 460 g/mol. The maximum atomic E-state index is 2.49. The first-order valence-corrected chi connectivity index (χ1v) is 16.7. The van der Waals surface area contributed by atoms with Crippen molar-refractivity contribution in [2.45, 2.75) is 71.4 Å². The van der Waals surface area contributed by atoms with Crippen LogP contribution in [-0.4, -0.2) is 8.80 Å². The van der Waals surface area contributed by atoms with E-state index in [9.17, 15) is 0 Å². The summed E-state index contributed by atoms with van der Waals surface area (Å²) < 4.78 is 0. The van der Waals surface area contributed by atoms with Crippen molar-refractivity contribution in [2.24, 2.45) is 0 Å². The van der Waals surface area contributed by atoms with Crippen molar-refractivity contribution in [3.8, 4) is 22.3 Å². The lowest BCUT2D eigenvalue weighted by molar-refractivity contribution is 0.585. The minimum Gasteiger partial charge on any atom is -0.0682 e. The van der Waals surface area contributed by atoms with Crippen molar-refractivity contribution in [3.05, 3.63) is 118 Å². The van der Waals surface area contributed by atoms with Gasteiger partial charge in [-0.15, -0.1) is 0 Å². The molecule has 0 atom stereocenters. The zero-order valence-electron chi connectivity index (χ0n) is 23.7. The maximum Gasteiger partial charge on any atom is 0.0651 e. The van der Waals surface area contributed by atoms with Crippen molar-refractivity contribution >= 4 is 14.0 Å². The fraction of sp³-hybridized carbons (Fsp3) is 0.306. The van der Waals surface area contributed by atoms with Crippen LogP contribution in [0.2, 0.25) is 13.1 Å². The molecule has 2 aliphatic carbocycles. The Morgan fingerprint density at radius 3 is 1.70 bits per heavy atom. The van der Waals surface area contributed by atoms with Gasteiger partial charge in [0.15, 0.2) is 0 Å². The Labute approximate surface area is 225 Å². The van der Waals surface area contributed by atoms with Crippen LogP contribution < -0.4 is 5.19 Å². The number of hydrogen-bond acceptors (Lipinski definition) is 0. The van der Waals surface area contributed by atoms with Gasteiger partial charge in [0.1, 0.15) is 0 Å². The quantitative estimate of drug-likeness (QED) is 0.209. The molecule has 4 aromatic rings.